The van der Waals surface area contributed by atoms with Crippen LogP contribution in [0.4, 0.5) is 13.2 Å². The lowest BCUT2D eigenvalue weighted by Crippen LogP contribution is -2.52. The smallest absolute Gasteiger partial charge is 0.416 e. The number of hydrogen-bond acceptors (Lipinski definition) is 4. The molecule has 8 heteroatoms. The van der Waals surface area contributed by atoms with E-state index in [4.69, 9.17) is 4.74 Å². The number of halogens is 3. The number of alkyl halides is 3. The third-order valence-electron chi connectivity index (χ3n) is 3.82. The van der Waals surface area contributed by atoms with Crippen LogP contribution in [0.5, 0.6) is 0 Å². The molecule has 1 aliphatic carbocycles. The van der Waals surface area contributed by atoms with Gasteiger partial charge in [0, 0.05) is 0 Å². The van der Waals surface area contributed by atoms with Crippen molar-refractivity contribution < 1.29 is 31.1 Å². The number of esters is 1. The Bertz CT molecular complexity index is 658. The predicted octanol–water partition coefficient (Wildman–Crippen LogP) is 2.96. The van der Waals surface area contributed by atoms with E-state index in [2.05, 4.69) is 0 Å². The fourth-order valence-electron chi connectivity index (χ4n) is 2.39. The highest BCUT2D eigenvalue weighted by Crippen LogP contribution is 2.44. The zero-order valence-corrected chi connectivity index (χ0v) is 12.6. The molecule has 0 aliphatic heterocycles. The average Bonchev–Trinajstić information content (AvgIpc) is 2.36. The number of benzene rings is 1. The van der Waals surface area contributed by atoms with E-state index >= 15 is 0 Å². The van der Waals surface area contributed by atoms with E-state index in [0.717, 1.165) is 12.1 Å². The third-order valence-corrected chi connectivity index (χ3v) is 6.31. The monoisotopic (exact) mass is 336 g/mol. The van der Waals surface area contributed by atoms with Gasteiger partial charge in [-0.2, -0.15) is 13.2 Å². The van der Waals surface area contributed by atoms with Crippen molar-refractivity contribution >= 4 is 15.8 Å². The van der Waals surface area contributed by atoms with Gasteiger partial charge in [-0.3, -0.25) is 4.79 Å². The first kappa shape index (κ1) is 16.8. The number of sulfone groups is 1. The number of carbonyl (C=O) groups is 1. The lowest BCUT2D eigenvalue weighted by atomic mass is 9.84. The average molecular weight is 336 g/mol. The van der Waals surface area contributed by atoms with Crippen LogP contribution in [0.25, 0.3) is 0 Å². The molecular weight excluding hydrogens is 321 g/mol. The molecule has 0 bridgehead atoms. The minimum Gasteiger partial charge on any atom is -0.465 e. The van der Waals surface area contributed by atoms with Crippen LogP contribution in [0.15, 0.2) is 29.2 Å². The lowest BCUT2D eigenvalue weighted by Gasteiger charge is -2.38. The van der Waals surface area contributed by atoms with Gasteiger partial charge in [-0.25, -0.2) is 8.42 Å². The maximum atomic E-state index is 12.6. The Kier molecular flexibility index (Phi) is 4.25. The summed E-state index contributed by atoms with van der Waals surface area (Å²) >= 11 is 0. The molecule has 4 nitrogen and oxygen atoms in total. The molecule has 0 N–H and O–H groups in total. The molecule has 0 saturated heterocycles. The zero-order valence-electron chi connectivity index (χ0n) is 11.8. The molecule has 0 atom stereocenters. The molecule has 0 amide bonds. The van der Waals surface area contributed by atoms with Gasteiger partial charge >= 0.3 is 12.1 Å². The van der Waals surface area contributed by atoms with Crippen molar-refractivity contribution in [1.29, 1.82) is 0 Å². The maximum absolute atomic E-state index is 12.6. The van der Waals surface area contributed by atoms with Crippen LogP contribution in [0.1, 0.15) is 31.7 Å². The SMILES string of the molecule is CCOC(=O)C1(S(=O)(=O)c2ccc(C(F)(F)F)cc2)CCC1. The number of hydrogen-bond donors (Lipinski definition) is 0. The molecule has 1 aromatic rings. The second kappa shape index (κ2) is 5.57. The first-order chi connectivity index (χ1) is 10.1. The summed E-state index contributed by atoms with van der Waals surface area (Å²) in [6.07, 6.45) is -3.75. The highest BCUT2D eigenvalue weighted by atomic mass is 32.2. The van der Waals surface area contributed by atoms with Gasteiger partial charge in [-0.1, -0.05) is 0 Å². The summed E-state index contributed by atoms with van der Waals surface area (Å²) in [4.78, 5) is 11.7. The molecule has 1 aromatic carbocycles. The minimum absolute atomic E-state index is 0.0448. The van der Waals surface area contributed by atoms with Gasteiger partial charge in [0.2, 0.25) is 0 Å². The van der Waals surface area contributed by atoms with E-state index in [9.17, 15) is 26.4 Å². The lowest BCUT2D eigenvalue weighted by molar-refractivity contribution is -0.148. The highest BCUT2D eigenvalue weighted by Gasteiger charge is 2.57. The summed E-state index contributed by atoms with van der Waals surface area (Å²) < 4.78 is 66.0. The zero-order chi connectivity index (χ0) is 16.6. The van der Waals surface area contributed by atoms with Gasteiger partial charge in [0.15, 0.2) is 14.6 Å². The summed E-state index contributed by atoms with van der Waals surface area (Å²) in [6.45, 7) is 1.61. The molecule has 1 aliphatic rings. The third kappa shape index (κ3) is 2.60. The largest absolute Gasteiger partial charge is 0.465 e. The Morgan fingerprint density at radius 3 is 2.14 bits per heavy atom. The van der Waals surface area contributed by atoms with Crippen LogP contribution >= 0.6 is 0 Å². The molecule has 0 aromatic heterocycles. The van der Waals surface area contributed by atoms with Gasteiger partial charge < -0.3 is 4.74 Å². The summed E-state index contributed by atoms with van der Waals surface area (Å²) in [6, 6.07) is 3.17. The van der Waals surface area contributed by atoms with E-state index in [1.54, 1.807) is 6.92 Å². The van der Waals surface area contributed by atoms with Crippen molar-refractivity contribution in [3.05, 3.63) is 29.8 Å². The van der Waals surface area contributed by atoms with Crippen LogP contribution in [0.3, 0.4) is 0 Å². The topological polar surface area (TPSA) is 60.4 Å². The van der Waals surface area contributed by atoms with Crippen LogP contribution in [0, 0.1) is 0 Å². The minimum atomic E-state index is -4.54. The van der Waals surface area contributed by atoms with E-state index in [1.165, 1.54) is 0 Å². The molecule has 0 heterocycles. The summed E-state index contributed by atoms with van der Waals surface area (Å²) in [5, 5.41) is 0. The van der Waals surface area contributed by atoms with Crippen LogP contribution in [-0.4, -0.2) is 25.7 Å². The first-order valence-corrected chi connectivity index (χ1v) is 8.22. The number of carbonyl (C=O) groups excluding carboxylic acids is 1. The van der Waals surface area contributed by atoms with Gasteiger partial charge in [0.05, 0.1) is 17.1 Å². The molecule has 1 fully saturated rings. The maximum Gasteiger partial charge on any atom is 0.416 e. The Hall–Kier alpha value is -1.57. The number of ether oxygens (including phenoxy) is 1. The fourth-order valence-corrected chi connectivity index (χ4v) is 4.44. The first-order valence-electron chi connectivity index (χ1n) is 6.74. The Balaban J connectivity index is 2.39. The standard InChI is InChI=1S/C14H15F3O4S/c1-2-21-12(18)13(8-3-9-13)22(19,20)11-6-4-10(5-7-11)14(15,16)17/h4-7H,2-3,8-9H2,1H3. The quantitative estimate of drug-likeness (QED) is 0.793. The van der Waals surface area contributed by atoms with Crippen LogP contribution < -0.4 is 0 Å². The van der Waals surface area contributed by atoms with E-state index in [1.807, 2.05) is 0 Å². The molecule has 1 saturated carbocycles. The van der Waals surface area contributed by atoms with Gasteiger partial charge in [0.25, 0.3) is 0 Å². The Morgan fingerprint density at radius 1 is 1.23 bits per heavy atom. The molecule has 0 unspecified atom stereocenters. The van der Waals surface area contributed by atoms with Crippen LogP contribution in [-0.2, 0) is 25.5 Å². The normalized spacial score (nSPS) is 17.6. The molecule has 122 valence electrons. The second-order valence-corrected chi connectivity index (χ2v) is 7.35. The summed E-state index contributed by atoms with van der Waals surface area (Å²) in [7, 11) is -4.09. The summed E-state index contributed by atoms with van der Waals surface area (Å²) in [5.74, 6) is -0.832. The van der Waals surface area contributed by atoms with E-state index in [0.29, 0.717) is 18.6 Å². The van der Waals surface area contributed by atoms with Crippen molar-refractivity contribution in [2.75, 3.05) is 6.61 Å². The molecule has 2 rings (SSSR count). The molecule has 0 spiro atoms. The summed E-state index contributed by atoms with van der Waals surface area (Å²) in [5.41, 5.74) is -0.940. The van der Waals surface area contributed by atoms with Crippen molar-refractivity contribution in [2.45, 2.75) is 42.0 Å². The Labute approximate surface area is 126 Å². The van der Waals surface area contributed by atoms with Crippen LogP contribution in [0.2, 0.25) is 0 Å². The van der Waals surface area contributed by atoms with Gasteiger partial charge in [-0.05, 0) is 50.5 Å². The highest BCUT2D eigenvalue weighted by molar-refractivity contribution is 7.93. The molecule has 0 radical (unpaired) electrons. The molecular formula is C14H15F3O4S. The van der Waals surface area contributed by atoms with Crippen molar-refractivity contribution in [3.8, 4) is 0 Å². The number of rotatable bonds is 4. The van der Waals surface area contributed by atoms with Crippen molar-refractivity contribution in [2.24, 2.45) is 0 Å². The van der Waals surface area contributed by atoms with E-state index < -0.39 is 32.3 Å². The molecule has 22 heavy (non-hydrogen) atoms. The fraction of sp³-hybridized carbons (Fsp3) is 0.500. The second-order valence-electron chi connectivity index (χ2n) is 5.09. The van der Waals surface area contributed by atoms with Crippen molar-refractivity contribution in [3.63, 3.8) is 0 Å². The van der Waals surface area contributed by atoms with Crippen molar-refractivity contribution in [1.82, 2.24) is 0 Å². The van der Waals surface area contributed by atoms with Gasteiger partial charge in [0.1, 0.15) is 0 Å². The predicted molar refractivity (Wildman–Crippen MR) is 71.8 cm³/mol. The van der Waals surface area contributed by atoms with E-state index in [-0.39, 0.29) is 24.3 Å². The van der Waals surface area contributed by atoms with Gasteiger partial charge in [-0.15, -0.1) is 0 Å². The Morgan fingerprint density at radius 2 is 1.77 bits per heavy atom.